The molecule has 0 saturated carbocycles. The molecule has 0 bridgehead atoms. The van der Waals surface area contributed by atoms with E-state index in [-0.39, 0.29) is 18.9 Å². The van der Waals surface area contributed by atoms with Crippen LogP contribution in [0.2, 0.25) is 0 Å². The Morgan fingerprint density at radius 3 is 2.80 bits per heavy atom. The van der Waals surface area contributed by atoms with Crippen LogP contribution in [-0.4, -0.2) is 75.2 Å². The molecule has 35 heavy (non-hydrogen) atoms. The number of anilines is 1. The van der Waals surface area contributed by atoms with Crippen molar-refractivity contribution in [3.8, 4) is 11.4 Å². The summed E-state index contributed by atoms with van der Waals surface area (Å²) in [6.07, 6.45) is 6.22. The van der Waals surface area contributed by atoms with Crippen LogP contribution in [0.15, 0.2) is 30.6 Å². The van der Waals surface area contributed by atoms with Gasteiger partial charge in [0.15, 0.2) is 0 Å². The van der Waals surface area contributed by atoms with E-state index in [0.717, 1.165) is 25.0 Å². The van der Waals surface area contributed by atoms with Gasteiger partial charge < -0.3 is 0 Å². The van der Waals surface area contributed by atoms with Crippen molar-refractivity contribution in [3.63, 3.8) is 0 Å². The van der Waals surface area contributed by atoms with Gasteiger partial charge in [-0.25, -0.2) is 0 Å². The molecule has 0 amide bonds. The number of morpholine rings is 1. The molecule has 3 aromatic heterocycles. The Labute approximate surface area is 205 Å². The van der Waals surface area contributed by atoms with E-state index in [1.165, 1.54) is 6.66 Å². The molecule has 10 nitrogen and oxygen atoms in total. The SMILES string of the molecule is CCOP(C)(O)(O)c1cc(N2CCOC[C@H]2C)nc2c(-c3ccnn3C3CCCCO3)nccc12. The quantitative estimate of drug-likeness (QED) is 0.490. The fourth-order valence-electron chi connectivity index (χ4n) is 4.98. The summed E-state index contributed by atoms with van der Waals surface area (Å²) in [5, 5.41) is 5.47. The topological polar surface area (TPSA) is 115 Å². The van der Waals surface area contributed by atoms with Gasteiger partial charge in [-0.3, -0.25) is 0 Å². The van der Waals surface area contributed by atoms with Gasteiger partial charge in [-0.1, -0.05) is 0 Å². The van der Waals surface area contributed by atoms with Crippen molar-refractivity contribution < 1.29 is 23.8 Å². The van der Waals surface area contributed by atoms with Crippen LogP contribution in [0.4, 0.5) is 5.82 Å². The summed E-state index contributed by atoms with van der Waals surface area (Å²) in [6, 6.07) is 5.50. The van der Waals surface area contributed by atoms with E-state index in [2.05, 4.69) is 16.9 Å². The number of pyridine rings is 2. The second-order valence-electron chi connectivity index (χ2n) is 9.42. The van der Waals surface area contributed by atoms with E-state index in [1.54, 1.807) is 31.5 Å². The molecule has 2 N–H and O–H groups in total. The van der Waals surface area contributed by atoms with Crippen LogP contribution in [0.1, 0.15) is 39.3 Å². The molecule has 2 fully saturated rings. The van der Waals surface area contributed by atoms with E-state index >= 15 is 0 Å². The second-order valence-corrected chi connectivity index (χ2v) is 12.9. The van der Waals surface area contributed by atoms with E-state index < -0.39 is 7.28 Å². The third kappa shape index (κ3) is 4.67. The van der Waals surface area contributed by atoms with E-state index in [1.807, 2.05) is 10.7 Å². The summed E-state index contributed by atoms with van der Waals surface area (Å²) >= 11 is 0. The summed E-state index contributed by atoms with van der Waals surface area (Å²) in [5.74, 6) is 0.635. The molecule has 0 radical (unpaired) electrons. The number of hydrogen-bond acceptors (Lipinski definition) is 9. The van der Waals surface area contributed by atoms with Crippen molar-refractivity contribution >= 4 is 29.3 Å². The maximum absolute atomic E-state index is 11.5. The molecule has 0 aromatic carbocycles. The van der Waals surface area contributed by atoms with Crippen LogP contribution >= 0.6 is 7.28 Å². The van der Waals surface area contributed by atoms with Crippen LogP contribution in [0, 0.1) is 0 Å². The van der Waals surface area contributed by atoms with E-state index in [4.69, 9.17) is 24.0 Å². The monoisotopic (exact) mass is 503 g/mol. The van der Waals surface area contributed by atoms with Gasteiger partial charge in [-0.05, 0) is 0 Å². The minimum atomic E-state index is -4.68. The second kappa shape index (κ2) is 9.35. The van der Waals surface area contributed by atoms with Crippen molar-refractivity contribution in [1.82, 2.24) is 19.7 Å². The van der Waals surface area contributed by atoms with Gasteiger partial charge in [0.2, 0.25) is 0 Å². The maximum atomic E-state index is 11.5. The van der Waals surface area contributed by atoms with Gasteiger partial charge in [0.1, 0.15) is 0 Å². The van der Waals surface area contributed by atoms with Crippen LogP contribution < -0.4 is 10.2 Å². The Bertz CT molecular complexity index is 1200. The van der Waals surface area contributed by atoms with Gasteiger partial charge in [-0.15, -0.1) is 0 Å². The molecule has 0 spiro atoms. The van der Waals surface area contributed by atoms with E-state index in [0.29, 0.717) is 54.1 Å². The molecule has 3 aromatic rings. The predicted octanol–water partition coefficient (Wildman–Crippen LogP) is 2.99. The minimum absolute atomic E-state index is 0.0789. The number of rotatable bonds is 6. The Morgan fingerprint density at radius 1 is 1.20 bits per heavy atom. The molecule has 0 aliphatic carbocycles. The zero-order chi connectivity index (χ0) is 24.7. The fraction of sp³-hybridized carbons (Fsp3) is 0.542. The van der Waals surface area contributed by atoms with Crippen molar-refractivity contribution in [3.05, 3.63) is 30.6 Å². The molecule has 190 valence electrons. The third-order valence-electron chi connectivity index (χ3n) is 6.69. The van der Waals surface area contributed by atoms with Crippen molar-refractivity contribution in [2.75, 3.05) is 44.5 Å². The Morgan fingerprint density at radius 2 is 2.06 bits per heavy atom. The third-order valence-corrected chi connectivity index (χ3v) is 9.04. The summed E-state index contributed by atoms with van der Waals surface area (Å²) in [6.45, 7) is 7.85. The summed E-state index contributed by atoms with van der Waals surface area (Å²) < 4.78 is 19.1. The van der Waals surface area contributed by atoms with Crippen LogP contribution in [0.5, 0.6) is 0 Å². The first-order valence-corrected chi connectivity index (χ1v) is 14.7. The first-order chi connectivity index (χ1) is 16.8. The average Bonchev–Trinajstić information content (AvgIpc) is 3.33. The normalized spacial score (nSPS) is 22.8. The average molecular weight is 504 g/mol. The van der Waals surface area contributed by atoms with Crippen LogP contribution in [0.3, 0.4) is 0 Å². The van der Waals surface area contributed by atoms with Crippen LogP contribution in [-0.2, 0) is 14.0 Å². The molecule has 5 rings (SSSR count). The van der Waals surface area contributed by atoms with Crippen molar-refractivity contribution in [2.24, 2.45) is 0 Å². The molecule has 2 saturated heterocycles. The molecule has 5 heterocycles. The summed E-state index contributed by atoms with van der Waals surface area (Å²) in [4.78, 5) is 34.7. The molecule has 2 aliphatic heterocycles. The van der Waals surface area contributed by atoms with Gasteiger partial charge >= 0.3 is 205 Å². The molecule has 1 unspecified atom stereocenters. The van der Waals surface area contributed by atoms with Gasteiger partial charge in [0.05, 0.1) is 0 Å². The van der Waals surface area contributed by atoms with Gasteiger partial charge in [0, 0.05) is 0 Å². The molecule has 2 atom stereocenters. The molecular formula is C24H34N5O5P. The number of aromatic nitrogens is 4. The Balaban J connectivity index is 1.74. The van der Waals surface area contributed by atoms with Gasteiger partial charge in [0.25, 0.3) is 0 Å². The van der Waals surface area contributed by atoms with Crippen LogP contribution in [0.25, 0.3) is 22.3 Å². The summed E-state index contributed by atoms with van der Waals surface area (Å²) in [7, 11) is -4.68. The fourth-order valence-corrected chi connectivity index (χ4v) is 6.88. The van der Waals surface area contributed by atoms with Gasteiger partial charge in [-0.2, -0.15) is 0 Å². The number of hydrogen-bond donors (Lipinski definition) is 2. The number of ether oxygens (including phenoxy) is 2. The standard InChI is InChI=1S/C24H34N5O5P/c1-4-34-35(3,30,31)20-15-21(28-12-14-32-16-17(28)2)27-23-18(20)8-10-25-24(23)19-9-11-26-29(19)22-7-5-6-13-33-22/h8-11,15,17,22,30-31H,4-7,12-14,16H2,1-3H3/t17-,22?/m1/s1. The zero-order valence-corrected chi connectivity index (χ0v) is 21.4. The molecule has 2 aliphatic rings. The zero-order valence-electron chi connectivity index (χ0n) is 20.5. The first kappa shape index (κ1) is 24.5. The van der Waals surface area contributed by atoms with Crippen molar-refractivity contribution in [1.29, 1.82) is 0 Å². The Hall–Kier alpha value is -2.20. The molecular weight excluding hydrogens is 469 g/mol. The number of nitrogens with zero attached hydrogens (tertiary/aromatic N) is 5. The van der Waals surface area contributed by atoms with E-state index in [9.17, 15) is 9.79 Å². The van der Waals surface area contributed by atoms with Crippen molar-refractivity contribution in [2.45, 2.75) is 45.4 Å². The molecule has 11 heteroatoms. The first-order valence-electron chi connectivity index (χ1n) is 12.2. The predicted molar refractivity (Wildman–Crippen MR) is 136 cm³/mol. The Kier molecular flexibility index (Phi) is 6.54. The number of fused-ring (bicyclic) bond motifs is 1. The summed E-state index contributed by atoms with van der Waals surface area (Å²) in [5.41, 5.74) is 1.95.